The number of fused-ring (bicyclic) bond motifs is 1. The van der Waals surface area contributed by atoms with Crippen LogP contribution < -0.4 is 11.1 Å². The highest BCUT2D eigenvalue weighted by Crippen LogP contribution is 2.35. The van der Waals surface area contributed by atoms with Crippen LogP contribution in [0.25, 0.3) is 10.1 Å². The number of hydrogen-bond donors (Lipinski definition) is 2. The summed E-state index contributed by atoms with van der Waals surface area (Å²) in [5.74, 6) is 0.804. The molecule has 1 unspecified atom stereocenters. The average Bonchev–Trinajstić information content (AvgIpc) is 2.66. The molecule has 3 N–H and O–H groups in total. The molecule has 0 spiro atoms. The van der Waals surface area contributed by atoms with Crippen LogP contribution in [0.5, 0.6) is 0 Å². The first-order valence-corrected chi connectivity index (χ1v) is 8.80. The topological polar surface area (TPSA) is 55.1 Å². The minimum absolute atomic E-state index is 0.0867. The van der Waals surface area contributed by atoms with Crippen LogP contribution in [0.2, 0.25) is 0 Å². The van der Waals surface area contributed by atoms with Gasteiger partial charge in [0.05, 0.1) is 5.69 Å². The van der Waals surface area contributed by atoms with Crippen LogP contribution in [-0.4, -0.2) is 24.0 Å². The molecule has 2 rings (SSSR count). The molecule has 102 valence electrons. The van der Waals surface area contributed by atoms with E-state index in [0.717, 1.165) is 20.3 Å². The molecular weight excluding hydrogens is 344 g/mol. The molecule has 1 heterocycles. The molecule has 1 amide bonds. The summed E-state index contributed by atoms with van der Waals surface area (Å²) in [5, 5.41) is 3.91. The zero-order chi connectivity index (χ0) is 14.0. The Morgan fingerprint density at radius 1 is 1.58 bits per heavy atom. The van der Waals surface area contributed by atoms with E-state index in [1.807, 2.05) is 31.4 Å². The monoisotopic (exact) mass is 358 g/mol. The van der Waals surface area contributed by atoms with E-state index in [1.165, 1.54) is 11.3 Å². The van der Waals surface area contributed by atoms with Crippen LogP contribution in [0.1, 0.15) is 16.6 Å². The molecule has 1 atom stereocenters. The van der Waals surface area contributed by atoms with Gasteiger partial charge in [-0.3, -0.25) is 4.79 Å². The van der Waals surface area contributed by atoms with Crippen LogP contribution in [0.3, 0.4) is 0 Å². The minimum atomic E-state index is -0.0867. The number of nitrogens with two attached hydrogens (primary N) is 1. The van der Waals surface area contributed by atoms with Gasteiger partial charge in [0, 0.05) is 26.4 Å². The number of amides is 1. The van der Waals surface area contributed by atoms with Crippen molar-refractivity contribution < 1.29 is 4.79 Å². The lowest BCUT2D eigenvalue weighted by atomic mass is 10.2. The van der Waals surface area contributed by atoms with Gasteiger partial charge in [0.25, 0.3) is 5.91 Å². The van der Waals surface area contributed by atoms with Crippen LogP contribution in [-0.2, 0) is 0 Å². The van der Waals surface area contributed by atoms with E-state index in [4.69, 9.17) is 5.73 Å². The smallest absolute Gasteiger partial charge is 0.263 e. The summed E-state index contributed by atoms with van der Waals surface area (Å²) in [6, 6.07) is 5.99. The lowest BCUT2D eigenvalue weighted by Crippen LogP contribution is -2.34. The van der Waals surface area contributed by atoms with Gasteiger partial charge in [0.1, 0.15) is 4.88 Å². The number of thioether (sulfide) groups is 1. The maximum absolute atomic E-state index is 12.2. The molecule has 6 heteroatoms. The van der Waals surface area contributed by atoms with Gasteiger partial charge in [-0.05, 0) is 25.3 Å². The standard InChI is InChI=1S/C13H15BrN2OS2/c1-7(6-18-2)16-13(17)12-11(15)9-4-3-8(14)5-10(9)19-12/h3-5,7H,6,15H2,1-2H3,(H,16,17). The third-order valence-electron chi connectivity index (χ3n) is 2.69. The van der Waals surface area contributed by atoms with Crippen molar-refractivity contribution in [2.45, 2.75) is 13.0 Å². The number of halogens is 1. The van der Waals surface area contributed by atoms with Gasteiger partial charge in [-0.2, -0.15) is 11.8 Å². The summed E-state index contributed by atoms with van der Waals surface area (Å²) in [6.45, 7) is 1.99. The van der Waals surface area contributed by atoms with Gasteiger partial charge in [-0.25, -0.2) is 0 Å². The molecule has 2 aromatic rings. The van der Waals surface area contributed by atoms with Gasteiger partial charge in [-0.15, -0.1) is 11.3 Å². The second-order valence-corrected chi connectivity index (χ2v) is 7.19. The quantitative estimate of drug-likeness (QED) is 0.875. The summed E-state index contributed by atoms with van der Waals surface area (Å²) >= 11 is 6.57. The number of nitrogen functional groups attached to an aromatic ring is 1. The molecule has 0 saturated carbocycles. The predicted molar refractivity (Wildman–Crippen MR) is 89.2 cm³/mol. The first kappa shape index (κ1) is 14.7. The Morgan fingerprint density at radius 3 is 3.00 bits per heavy atom. The number of thiophene rings is 1. The molecule has 19 heavy (non-hydrogen) atoms. The molecule has 0 aliphatic heterocycles. The van der Waals surface area contributed by atoms with Gasteiger partial charge in [-0.1, -0.05) is 22.0 Å². The zero-order valence-electron chi connectivity index (χ0n) is 10.7. The van der Waals surface area contributed by atoms with E-state index in [-0.39, 0.29) is 11.9 Å². The van der Waals surface area contributed by atoms with Gasteiger partial charge in [0.2, 0.25) is 0 Å². The number of nitrogens with one attached hydrogen (secondary N) is 1. The van der Waals surface area contributed by atoms with Gasteiger partial charge >= 0.3 is 0 Å². The highest BCUT2D eigenvalue weighted by atomic mass is 79.9. The third kappa shape index (κ3) is 3.24. The number of anilines is 1. The van der Waals surface area contributed by atoms with Crippen molar-refractivity contribution >= 4 is 60.7 Å². The number of benzene rings is 1. The fourth-order valence-corrected chi connectivity index (χ4v) is 4.00. The lowest BCUT2D eigenvalue weighted by Gasteiger charge is -2.11. The molecule has 0 aliphatic rings. The van der Waals surface area contributed by atoms with Gasteiger partial charge < -0.3 is 11.1 Å². The summed E-state index contributed by atoms with van der Waals surface area (Å²) in [5.41, 5.74) is 6.64. The predicted octanol–water partition coefficient (Wildman–Crippen LogP) is 3.73. The Morgan fingerprint density at radius 2 is 2.32 bits per heavy atom. The third-order valence-corrected chi connectivity index (χ3v) is 5.18. The van der Waals surface area contributed by atoms with Crippen molar-refractivity contribution in [2.75, 3.05) is 17.7 Å². The first-order valence-electron chi connectivity index (χ1n) is 5.80. The normalized spacial score (nSPS) is 12.6. The van der Waals surface area contributed by atoms with Crippen LogP contribution in [0.4, 0.5) is 5.69 Å². The van der Waals surface area contributed by atoms with Crippen molar-refractivity contribution in [1.29, 1.82) is 0 Å². The molecule has 0 aliphatic carbocycles. The Labute approximate surface area is 129 Å². The van der Waals surface area contributed by atoms with Crippen LogP contribution in [0.15, 0.2) is 22.7 Å². The highest BCUT2D eigenvalue weighted by molar-refractivity contribution is 9.10. The molecule has 0 fully saturated rings. The molecule has 0 radical (unpaired) electrons. The Bertz CT molecular complexity index is 612. The lowest BCUT2D eigenvalue weighted by molar-refractivity contribution is 0.0948. The Balaban J connectivity index is 2.29. The fourth-order valence-electron chi connectivity index (χ4n) is 1.84. The second-order valence-electron chi connectivity index (χ2n) is 4.32. The van der Waals surface area contributed by atoms with E-state index in [2.05, 4.69) is 21.2 Å². The number of carbonyl (C=O) groups excluding carboxylic acids is 1. The summed E-state index contributed by atoms with van der Waals surface area (Å²) in [7, 11) is 0. The maximum atomic E-state index is 12.2. The van der Waals surface area contributed by atoms with E-state index >= 15 is 0 Å². The fraction of sp³-hybridized carbons (Fsp3) is 0.308. The van der Waals surface area contributed by atoms with Crippen molar-refractivity contribution in [3.05, 3.63) is 27.5 Å². The van der Waals surface area contributed by atoms with Crippen molar-refractivity contribution in [2.24, 2.45) is 0 Å². The summed E-state index contributed by atoms with van der Waals surface area (Å²) < 4.78 is 2.01. The van der Waals surface area contributed by atoms with E-state index in [9.17, 15) is 4.79 Å². The SMILES string of the molecule is CSCC(C)NC(=O)c1sc2cc(Br)ccc2c1N. The number of rotatable bonds is 4. The van der Waals surface area contributed by atoms with Crippen LogP contribution in [0, 0.1) is 0 Å². The maximum Gasteiger partial charge on any atom is 0.263 e. The van der Waals surface area contributed by atoms with Crippen molar-refractivity contribution in [3.63, 3.8) is 0 Å². The van der Waals surface area contributed by atoms with Crippen LogP contribution >= 0.6 is 39.0 Å². The van der Waals surface area contributed by atoms with Crippen molar-refractivity contribution in [1.82, 2.24) is 5.32 Å². The largest absolute Gasteiger partial charge is 0.397 e. The molecule has 1 aromatic carbocycles. The Hall–Kier alpha value is -0.720. The highest BCUT2D eigenvalue weighted by Gasteiger charge is 2.17. The first-order chi connectivity index (χ1) is 9.02. The molecule has 0 saturated heterocycles. The number of carbonyl (C=O) groups is 1. The minimum Gasteiger partial charge on any atom is -0.397 e. The second kappa shape index (κ2) is 6.15. The molecule has 0 bridgehead atoms. The van der Waals surface area contributed by atoms with E-state index < -0.39 is 0 Å². The summed E-state index contributed by atoms with van der Waals surface area (Å²) in [4.78, 5) is 12.8. The van der Waals surface area contributed by atoms with Crippen molar-refractivity contribution in [3.8, 4) is 0 Å². The Kier molecular flexibility index (Phi) is 4.76. The summed E-state index contributed by atoms with van der Waals surface area (Å²) in [6.07, 6.45) is 2.02. The zero-order valence-corrected chi connectivity index (χ0v) is 13.9. The molecular formula is C13H15BrN2OS2. The average molecular weight is 359 g/mol. The van der Waals surface area contributed by atoms with E-state index in [0.29, 0.717) is 10.6 Å². The molecule has 1 aromatic heterocycles. The number of hydrogen-bond acceptors (Lipinski definition) is 4. The van der Waals surface area contributed by atoms with Gasteiger partial charge in [0.15, 0.2) is 0 Å². The molecule has 3 nitrogen and oxygen atoms in total. The van der Waals surface area contributed by atoms with E-state index in [1.54, 1.807) is 11.8 Å².